The van der Waals surface area contributed by atoms with Crippen LogP contribution in [0, 0.1) is 0 Å². The van der Waals surface area contributed by atoms with E-state index in [0.29, 0.717) is 16.3 Å². The number of methoxy groups -OCH3 is 1. The Labute approximate surface area is 221 Å². The van der Waals surface area contributed by atoms with Crippen molar-refractivity contribution in [2.45, 2.75) is 45.1 Å². The average Bonchev–Trinajstić information content (AvgIpc) is 3.27. The van der Waals surface area contributed by atoms with Gasteiger partial charge in [-0.25, -0.2) is 9.78 Å². The number of thiazole rings is 1. The molecule has 0 bridgehead atoms. The van der Waals surface area contributed by atoms with Crippen LogP contribution in [-0.2, 0) is 24.5 Å². The molecular formula is C29H32N2O5S. The number of ether oxygens (including phenoxy) is 3. The number of aromatic nitrogens is 1. The lowest BCUT2D eigenvalue weighted by Crippen LogP contribution is -2.60. The topological polar surface area (TPSA) is 86.8 Å². The van der Waals surface area contributed by atoms with Crippen LogP contribution in [0.3, 0.4) is 0 Å². The molecule has 2 aromatic rings. The van der Waals surface area contributed by atoms with Gasteiger partial charge in [-0.3, -0.25) is 4.79 Å². The van der Waals surface area contributed by atoms with Crippen molar-refractivity contribution < 1.29 is 23.8 Å². The lowest BCUT2D eigenvalue weighted by molar-refractivity contribution is -0.153. The van der Waals surface area contributed by atoms with Gasteiger partial charge in [-0.05, 0) is 51.0 Å². The van der Waals surface area contributed by atoms with Crippen molar-refractivity contribution in [3.8, 4) is 16.9 Å². The molecule has 0 fully saturated rings. The summed E-state index contributed by atoms with van der Waals surface area (Å²) in [5, 5.41) is 5.87. The SMILES string of the molecule is CCOC(=O)C1=C(C)NC(C)C(C(=O)OCC)(c2ccccc2)C1c1nccs1.COc1ccc2cc1-2. The molecule has 3 atom stereocenters. The van der Waals surface area contributed by atoms with Gasteiger partial charge in [0.2, 0.25) is 0 Å². The number of allylic oxidation sites excluding steroid dienone is 1. The van der Waals surface area contributed by atoms with Crippen LogP contribution < -0.4 is 10.1 Å². The predicted octanol–water partition coefficient (Wildman–Crippen LogP) is 5.23. The number of fused-ring (bicyclic) bond motifs is 1. The molecule has 3 unspecified atom stereocenters. The van der Waals surface area contributed by atoms with E-state index in [9.17, 15) is 9.59 Å². The van der Waals surface area contributed by atoms with Crippen molar-refractivity contribution in [2.75, 3.05) is 20.3 Å². The Morgan fingerprint density at radius 2 is 1.81 bits per heavy atom. The van der Waals surface area contributed by atoms with Crippen LogP contribution in [-0.4, -0.2) is 43.3 Å². The molecule has 2 aliphatic carbocycles. The average molecular weight is 521 g/mol. The van der Waals surface area contributed by atoms with Crippen molar-refractivity contribution in [3.05, 3.63) is 81.9 Å². The first-order valence-corrected chi connectivity index (χ1v) is 13.2. The Morgan fingerprint density at radius 3 is 2.32 bits per heavy atom. The van der Waals surface area contributed by atoms with Gasteiger partial charge in [0.1, 0.15) is 16.2 Å². The van der Waals surface area contributed by atoms with Gasteiger partial charge in [0, 0.05) is 28.9 Å². The van der Waals surface area contributed by atoms with Crippen LogP contribution in [0.15, 0.2) is 71.4 Å². The summed E-state index contributed by atoms with van der Waals surface area (Å²) in [7, 11) is 1.70. The lowest BCUT2D eigenvalue weighted by atomic mass is 9.61. The van der Waals surface area contributed by atoms with E-state index in [4.69, 9.17) is 14.2 Å². The molecule has 0 saturated carbocycles. The molecule has 37 heavy (non-hydrogen) atoms. The van der Waals surface area contributed by atoms with Gasteiger partial charge in [-0.15, -0.1) is 11.3 Å². The van der Waals surface area contributed by atoms with Crippen molar-refractivity contribution in [3.63, 3.8) is 0 Å². The van der Waals surface area contributed by atoms with Gasteiger partial charge < -0.3 is 19.5 Å². The maximum absolute atomic E-state index is 13.6. The number of rotatable bonds is 7. The van der Waals surface area contributed by atoms with Crippen LogP contribution in [0.4, 0.5) is 0 Å². The maximum Gasteiger partial charge on any atom is 0.336 e. The van der Waals surface area contributed by atoms with Crippen LogP contribution in [0.5, 0.6) is 5.75 Å². The molecule has 2 heterocycles. The summed E-state index contributed by atoms with van der Waals surface area (Å²) in [4.78, 5) is 31.1. The molecule has 1 aromatic carbocycles. The highest BCUT2D eigenvalue weighted by molar-refractivity contribution is 7.09. The number of carbonyl (C=O) groups excluding carboxylic acids is 2. The Balaban J connectivity index is 0.000000335. The summed E-state index contributed by atoms with van der Waals surface area (Å²) in [6.45, 7) is 7.80. The second kappa shape index (κ2) is 11.2. The number of nitrogens with one attached hydrogen (secondary N) is 1. The molecule has 0 radical (unpaired) electrons. The normalized spacial score (nSPS) is 21.2. The number of nitrogens with zero attached hydrogens (tertiary/aromatic N) is 1. The number of benzene rings is 2. The van der Waals surface area contributed by atoms with Crippen molar-refractivity contribution in [1.29, 1.82) is 0 Å². The molecule has 3 aliphatic rings. The van der Waals surface area contributed by atoms with E-state index in [-0.39, 0.29) is 25.2 Å². The van der Waals surface area contributed by atoms with Gasteiger partial charge in [0.05, 0.1) is 31.8 Å². The number of carbonyl (C=O) groups is 2. The van der Waals surface area contributed by atoms with Crippen molar-refractivity contribution in [2.24, 2.45) is 0 Å². The van der Waals surface area contributed by atoms with Crippen LogP contribution in [0.25, 0.3) is 11.1 Å². The quantitative estimate of drug-likeness (QED) is 0.334. The third-order valence-electron chi connectivity index (χ3n) is 6.75. The van der Waals surface area contributed by atoms with Gasteiger partial charge in [0.15, 0.2) is 0 Å². The van der Waals surface area contributed by atoms with Crippen LogP contribution in [0.1, 0.15) is 44.2 Å². The standard InChI is InChI=1S/C22H26N2O4S.C7H6O/c1-5-27-20(25)17-14(3)24-15(4)22(21(26)28-6-2,16-10-8-7-9-11-16)18(17)19-23-12-13-29-19;1-8-7-3-2-5-4-6(5)7/h7-13,15,18,24H,5-6H2,1-4H3;2-4H,1H3. The van der Waals surface area contributed by atoms with Gasteiger partial charge in [0.25, 0.3) is 0 Å². The molecule has 5 rings (SSSR count). The Hall–Kier alpha value is -3.65. The second-order valence-electron chi connectivity index (χ2n) is 8.80. The molecule has 8 heteroatoms. The van der Waals surface area contributed by atoms with Crippen LogP contribution in [0.2, 0.25) is 0 Å². The third kappa shape index (κ3) is 4.85. The maximum atomic E-state index is 13.6. The molecule has 1 N–H and O–H groups in total. The monoisotopic (exact) mass is 520 g/mol. The first kappa shape index (κ1) is 26.4. The van der Waals surface area contributed by atoms with Gasteiger partial charge in [-0.1, -0.05) is 36.4 Å². The summed E-state index contributed by atoms with van der Waals surface area (Å²) in [6, 6.07) is 15.3. The van der Waals surface area contributed by atoms with E-state index in [1.165, 1.54) is 22.5 Å². The summed E-state index contributed by atoms with van der Waals surface area (Å²) >= 11 is 1.42. The fourth-order valence-corrected chi connectivity index (χ4v) is 5.91. The van der Waals surface area contributed by atoms with E-state index in [1.54, 1.807) is 27.2 Å². The highest BCUT2D eigenvalue weighted by Crippen LogP contribution is 2.51. The number of hydrogen-bond acceptors (Lipinski definition) is 8. The van der Waals surface area contributed by atoms with E-state index in [1.807, 2.05) is 55.6 Å². The molecule has 0 spiro atoms. The van der Waals surface area contributed by atoms with Crippen molar-refractivity contribution in [1.82, 2.24) is 10.3 Å². The van der Waals surface area contributed by atoms with E-state index < -0.39 is 17.3 Å². The second-order valence-corrected chi connectivity index (χ2v) is 9.73. The van der Waals surface area contributed by atoms with Gasteiger partial charge >= 0.3 is 11.9 Å². The van der Waals surface area contributed by atoms with E-state index >= 15 is 0 Å². The minimum atomic E-state index is -1.17. The first-order chi connectivity index (χ1) is 17.9. The minimum Gasteiger partial charge on any atom is -0.496 e. The summed E-state index contributed by atoms with van der Waals surface area (Å²) in [5.41, 5.74) is 3.32. The Kier molecular flexibility index (Phi) is 7.97. The molecule has 0 saturated heterocycles. The van der Waals surface area contributed by atoms with E-state index in [2.05, 4.69) is 22.4 Å². The molecule has 0 amide bonds. The third-order valence-corrected chi connectivity index (χ3v) is 7.59. The lowest BCUT2D eigenvalue weighted by Gasteiger charge is -2.47. The Morgan fingerprint density at radius 1 is 1.08 bits per heavy atom. The highest BCUT2D eigenvalue weighted by Gasteiger charge is 2.59. The molecule has 1 aliphatic heterocycles. The Bertz CT molecular complexity index is 1290. The molecule has 7 nitrogen and oxygen atoms in total. The number of hydrogen-bond donors (Lipinski definition) is 1. The highest BCUT2D eigenvalue weighted by atomic mass is 32.1. The minimum absolute atomic E-state index is 0.238. The molecular weight excluding hydrogens is 488 g/mol. The molecule has 194 valence electrons. The zero-order chi connectivity index (χ0) is 26.6. The fraction of sp³-hybridized carbons (Fsp3) is 0.345. The first-order valence-electron chi connectivity index (χ1n) is 12.3. The smallest absolute Gasteiger partial charge is 0.336 e. The molecule has 1 aromatic heterocycles. The predicted molar refractivity (Wildman–Crippen MR) is 144 cm³/mol. The number of esters is 2. The largest absolute Gasteiger partial charge is 0.496 e. The zero-order valence-corrected chi connectivity index (χ0v) is 22.6. The summed E-state index contributed by atoms with van der Waals surface area (Å²) in [6.07, 6.45) is 1.69. The van der Waals surface area contributed by atoms with Gasteiger partial charge in [-0.2, -0.15) is 0 Å². The van der Waals surface area contributed by atoms with E-state index in [0.717, 1.165) is 11.3 Å². The summed E-state index contributed by atoms with van der Waals surface area (Å²) < 4.78 is 16.0. The van der Waals surface area contributed by atoms with Crippen LogP contribution >= 0.6 is 11.3 Å². The zero-order valence-electron chi connectivity index (χ0n) is 21.7. The summed E-state index contributed by atoms with van der Waals surface area (Å²) in [5.74, 6) is -0.450. The fourth-order valence-electron chi connectivity index (χ4n) is 5.08. The van der Waals surface area contributed by atoms with Crippen molar-refractivity contribution >= 4 is 23.3 Å².